The first-order chi connectivity index (χ1) is 12.1. The van der Waals surface area contributed by atoms with Crippen molar-refractivity contribution in [1.29, 1.82) is 0 Å². The molecule has 4 rings (SSSR count). The minimum Gasteiger partial charge on any atom is -0.387 e. The molecule has 0 amide bonds. The molecule has 0 saturated heterocycles. The monoisotopic (exact) mass is 378 g/mol. The van der Waals surface area contributed by atoms with Gasteiger partial charge in [0.05, 0.1) is 17.5 Å². The maximum atomic E-state index is 13.0. The number of anilines is 1. The predicted molar refractivity (Wildman–Crippen MR) is 101 cm³/mol. The largest absolute Gasteiger partial charge is 0.387 e. The van der Waals surface area contributed by atoms with E-state index in [1.54, 1.807) is 16.6 Å². The summed E-state index contributed by atoms with van der Waals surface area (Å²) in [4.78, 5) is 5.31. The van der Waals surface area contributed by atoms with E-state index in [1.165, 1.54) is 23.5 Å². The summed E-state index contributed by atoms with van der Waals surface area (Å²) in [5.41, 5.74) is 0.979. The van der Waals surface area contributed by atoms with Gasteiger partial charge in [-0.05, 0) is 42.9 Å². The van der Waals surface area contributed by atoms with E-state index in [0.29, 0.717) is 11.8 Å². The normalized spacial score (nSPS) is 22.9. The molecule has 1 aliphatic rings. The van der Waals surface area contributed by atoms with Crippen LogP contribution in [-0.2, 0) is 0 Å². The van der Waals surface area contributed by atoms with E-state index >= 15 is 0 Å². The van der Waals surface area contributed by atoms with Crippen LogP contribution in [0.4, 0.5) is 9.52 Å². The lowest BCUT2D eigenvalue weighted by atomic mass is 9.79. The summed E-state index contributed by atoms with van der Waals surface area (Å²) in [6.07, 6.45) is 3.73. The summed E-state index contributed by atoms with van der Waals surface area (Å²) in [6, 6.07) is 6.26. The average Bonchev–Trinajstić information content (AvgIpc) is 3.16. The number of hydrogen-bond donors (Lipinski definition) is 2. The van der Waals surface area contributed by atoms with Crippen LogP contribution in [0.2, 0.25) is 0 Å². The second-order valence-electron chi connectivity index (χ2n) is 6.21. The minimum absolute atomic E-state index is 0.261. The van der Waals surface area contributed by atoms with Crippen molar-refractivity contribution in [3.8, 4) is 11.3 Å². The molecule has 1 saturated carbocycles. The summed E-state index contributed by atoms with van der Waals surface area (Å²) < 4.78 is 14.7. The number of thioether (sulfide) groups is 1. The number of hydrogen-bond acceptors (Lipinski definition) is 6. The molecule has 0 aliphatic heterocycles. The van der Waals surface area contributed by atoms with Crippen LogP contribution in [-0.4, -0.2) is 42.9 Å². The smallest absolute Gasteiger partial charge is 0.214 e. The zero-order valence-electron chi connectivity index (χ0n) is 13.8. The molecular weight excluding hydrogens is 359 g/mol. The number of fused-ring (bicyclic) bond motifs is 1. The quantitative estimate of drug-likeness (QED) is 0.685. The molecule has 8 heteroatoms. The van der Waals surface area contributed by atoms with Crippen molar-refractivity contribution in [2.75, 3.05) is 17.6 Å². The lowest BCUT2D eigenvalue weighted by molar-refractivity contribution is -0.0120. The SMILES string of the molecule is CCSC1CCC1(O)CNc1nn2cc(-c3ccc(F)cc3)nc2s1. The molecule has 2 heterocycles. The number of imidazole rings is 1. The molecule has 3 aromatic rings. The Balaban J connectivity index is 1.46. The maximum Gasteiger partial charge on any atom is 0.214 e. The fraction of sp³-hybridized carbons (Fsp3) is 0.412. The molecule has 2 unspecified atom stereocenters. The fourth-order valence-corrected chi connectivity index (χ4v) is 4.97. The second kappa shape index (κ2) is 6.59. The second-order valence-corrected chi connectivity index (χ2v) is 8.64. The van der Waals surface area contributed by atoms with Crippen LogP contribution < -0.4 is 5.32 Å². The Morgan fingerprint density at radius 2 is 2.24 bits per heavy atom. The van der Waals surface area contributed by atoms with E-state index in [-0.39, 0.29) is 5.82 Å². The first-order valence-electron chi connectivity index (χ1n) is 8.27. The highest BCUT2D eigenvalue weighted by molar-refractivity contribution is 8.00. The van der Waals surface area contributed by atoms with Gasteiger partial charge < -0.3 is 10.4 Å². The Bertz CT molecular complexity index is 847. The summed E-state index contributed by atoms with van der Waals surface area (Å²) in [5, 5.41) is 19.4. The molecule has 2 atom stereocenters. The van der Waals surface area contributed by atoms with Crippen molar-refractivity contribution in [3.63, 3.8) is 0 Å². The lowest BCUT2D eigenvalue weighted by Gasteiger charge is -2.44. The summed E-state index contributed by atoms with van der Waals surface area (Å²) in [5.74, 6) is 0.757. The van der Waals surface area contributed by atoms with Crippen molar-refractivity contribution in [1.82, 2.24) is 14.6 Å². The number of rotatable bonds is 6. The highest BCUT2D eigenvalue weighted by Gasteiger charge is 2.45. The van der Waals surface area contributed by atoms with Crippen molar-refractivity contribution in [2.45, 2.75) is 30.6 Å². The zero-order valence-corrected chi connectivity index (χ0v) is 15.4. The molecule has 0 radical (unpaired) electrons. The highest BCUT2D eigenvalue weighted by Crippen LogP contribution is 2.41. The molecular formula is C17H19FN4OS2. The lowest BCUT2D eigenvalue weighted by Crippen LogP contribution is -2.54. The summed E-state index contributed by atoms with van der Waals surface area (Å²) >= 11 is 3.26. The first-order valence-corrected chi connectivity index (χ1v) is 10.1. The first kappa shape index (κ1) is 16.8. The van der Waals surface area contributed by atoms with E-state index in [4.69, 9.17) is 0 Å². The third-order valence-corrected chi connectivity index (χ3v) is 6.83. The average molecular weight is 378 g/mol. The van der Waals surface area contributed by atoms with Gasteiger partial charge in [-0.15, -0.1) is 5.10 Å². The Morgan fingerprint density at radius 3 is 2.88 bits per heavy atom. The molecule has 0 spiro atoms. The Morgan fingerprint density at radius 1 is 1.44 bits per heavy atom. The fourth-order valence-electron chi connectivity index (χ4n) is 3.00. The topological polar surface area (TPSA) is 62.5 Å². The van der Waals surface area contributed by atoms with E-state index < -0.39 is 5.60 Å². The van der Waals surface area contributed by atoms with Gasteiger partial charge in [0, 0.05) is 17.4 Å². The van der Waals surface area contributed by atoms with Gasteiger partial charge in [0.1, 0.15) is 5.82 Å². The minimum atomic E-state index is -0.645. The van der Waals surface area contributed by atoms with E-state index in [9.17, 15) is 9.50 Å². The summed E-state index contributed by atoms with van der Waals surface area (Å²) in [6.45, 7) is 2.62. The third kappa shape index (κ3) is 3.26. The van der Waals surface area contributed by atoms with Crippen LogP contribution in [0.3, 0.4) is 0 Å². The van der Waals surface area contributed by atoms with Gasteiger partial charge in [0.25, 0.3) is 0 Å². The van der Waals surface area contributed by atoms with Gasteiger partial charge in [-0.2, -0.15) is 11.8 Å². The van der Waals surface area contributed by atoms with Crippen molar-refractivity contribution in [3.05, 3.63) is 36.3 Å². The van der Waals surface area contributed by atoms with Crippen LogP contribution in [0.25, 0.3) is 16.2 Å². The number of halogens is 1. The molecule has 2 N–H and O–H groups in total. The number of nitrogens with one attached hydrogen (secondary N) is 1. The molecule has 2 aromatic heterocycles. The number of nitrogens with zero attached hydrogens (tertiary/aromatic N) is 3. The Labute approximate surface area is 153 Å². The van der Waals surface area contributed by atoms with Gasteiger partial charge >= 0.3 is 0 Å². The molecule has 1 fully saturated rings. The van der Waals surface area contributed by atoms with Gasteiger partial charge in [-0.25, -0.2) is 13.9 Å². The van der Waals surface area contributed by atoms with E-state index in [0.717, 1.165) is 39.9 Å². The third-order valence-electron chi connectivity index (χ3n) is 4.54. The predicted octanol–water partition coefficient (Wildman–Crippen LogP) is 3.66. The molecule has 0 bridgehead atoms. The van der Waals surface area contributed by atoms with Gasteiger partial charge in [0.2, 0.25) is 10.1 Å². The number of aliphatic hydroxyl groups is 1. The number of aromatic nitrogens is 3. The van der Waals surface area contributed by atoms with Crippen molar-refractivity contribution >= 4 is 33.2 Å². The number of benzene rings is 1. The highest BCUT2D eigenvalue weighted by atomic mass is 32.2. The standard InChI is InChI=1S/C17H19FN4OS2/c1-2-24-14-7-8-17(14,23)10-19-15-21-22-9-13(20-16(22)25-15)11-3-5-12(18)6-4-11/h3-6,9,14,23H,2,7-8,10H2,1H3,(H,19,21). The van der Waals surface area contributed by atoms with Crippen molar-refractivity contribution in [2.24, 2.45) is 0 Å². The summed E-state index contributed by atoms with van der Waals surface area (Å²) in [7, 11) is 0. The molecule has 1 aliphatic carbocycles. The Hall–Kier alpha value is -1.64. The molecule has 5 nitrogen and oxygen atoms in total. The van der Waals surface area contributed by atoms with Gasteiger partial charge in [-0.3, -0.25) is 0 Å². The van der Waals surface area contributed by atoms with Crippen LogP contribution in [0.15, 0.2) is 30.5 Å². The zero-order chi connectivity index (χ0) is 17.4. The molecule has 132 valence electrons. The molecule has 25 heavy (non-hydrogen) atoms. The van der Waals surface area contributed by atoms with Crippen LogP contribution >= 0.6 is 23.1 Å². The van der Waals surface area contributed by atoms with Crippen molar-refractivity contribution < 1.29 is 9.50 Å². The van der Waals surface area contributed by atoms with Crippen LogP contribution in [0.1, 0.15) is 19.8 Å². The van der Waals surface area contributed by atoms with Gasteiger partial charge in [0.15, 0.2) is 0 Å². The maximum absolute atomic E-state index is 13.0. The van der Waals surface area contributed by atoms with Gasteiger partial charge in [-0.1, -0.05) is 18.3 Å². The van der Waals surface area contributed by atoms with E-state index in [1.807, 2.05) is 18.0 Å². The molecule has 1 aromatic carbocycles. The van der Waals surface area contributed by atoms with Crippen LogP contribution in [0, 0.1) is 5.82 Å². The van der Waals surface area contributed by atoms with Crippen LogP contribution in [0.5, 0.6) is 0 Å². The van der Waals surface area contributed by atoms with E-state index in [2.05, 4.69) is 22.3 Å². The Kier molecular flexibility index (Phi) is 4.43.